The molecule has 0 aliphatic rings. The molecule has 0 spiro atoms. The molecule has 1 heterocycles. The van der Waals surface area contributed by atoms with E-state index in [1.165, 1.54) is 6.07 Å². The topological polar surface area (TPSA) is 38.9 Å². The minimum absolute atomic E-state index is 0.212. The lowest BCUT2D eigenvalue weighted by Crippen LogP contribution is -1.95. The van der Waals surface area contributed by atoms with E-state index in [1.54, 1.807) is 24.4 Å². The standard InChI is InChI=1S/C11H8F2N2/c12-8-5-7(6-9(14)11(8)13)10-3-1-2-4-15-10/h1-6H,14H2. The van der Waals surface area contributed by atoms with Gasteiger partial charge in [0.25, 0.3) is 0 Å². The van der Waals surface area contributed by atoms with Crippen LogP contribution in [0.4, 0.5) is 14.5 Å². The molecule has 0 bridgehead atoms. The van der Waals surface area contributed by atoms with Crippen molar-refractivity contribution in [1.29, 1.82) is 0 Å². The summed E-state index contributed by atoms with van der Waals surface area (Å²) in [5, 5.41) is 0. The van der Waals surface area contributed by atoms with Gasteiger partial charge in [-0.3, -0.25) is 4.98 Å². The van der Waals surface area contributed by atoms with Crippen molar-refractivity contribution in [2.75, 3.05) is 5.73 Å². The molecule has 2 nitrogen and oxygen atoms in total. The third kappa shape index (κ3) is 1.79. The fourth-order valence-electron chi connectivity index (χ4n) is 1.29. The first kappa shape index (κ1) is 9.58. The highest BCUT2D eigenvalue weighted by Crippen LogP contribution is 2.23. The molecule has 1 aromatic carbocycles. The van der Waals surface area contributed by atoms with Gasteiger partial charge in [0, 0.05) is 11.8 Å². The van der Waals surface area contributed by atoms with Gasteiger partial charge in [-0.15, -0.1) is 0 Å². The van der Waals surface area contributed by atoms with Crippen LogP contribution in [0.15, 0.2) is 36.5 Å². The Morgan fingerprint density at radius 2 is 1.93 bits per heavy atom. The van der Waals surface area contributed by atoms with Crippen molar-refractivity contribution in [3.63, 3.8) is 0 Å². The Labute approximate surface area is 85.4 Å². The molecule has 76 valence electrons. The maximum Gasteiger partial charge on any atom is 0.181 e. The molecule has 15 heavy (non-hydrogen) atoms. The number of nitrogens with zero attached hydrogens (tertiary/aromatic N) is 1. The molecule has 2 rings (SSSR count). The largest absolute Gasteiger partial charge is 0.396 e. The number of hydrogen-bond donors (Lipinski definition) is 1. The molecular weight excluding hydrogens is 198 g/mol. The first-order valence-corrected chi connectivity index (χ1v) is 4.34. The van der Waals surface area contributed by atoms with Crippen LogP contribution in [0.25, 0.3) is 11.3 Å². The average Bonchev–Trinajstić information content (AvgIpc) is 2.26. The molecule has 0 unspecified atom stereocenters. The van der Waals surface area contributed by atoms with E-state index in [9.17, 15) is 8.78 Å². The zero-order chi connectivity index (χ0) is 10.8. The van der Waals surface area contributed by atoms with Gasteiger partial charge in [0.2, 0.25) is 0 Å². The third-order valence-electron chi connectivity index (χ3n) is 2.02. The molecule has 0 saturated heterocycles. The van der Waals surface area contributed by atoms with E-state index in [0.717, 1.165) is 6.07 Å². The zero-order valence-corrected chi connectivity index (χ0v) is 7.74. The van der Waals surface area contributed by atoms with Crippen LogP contribution in [-0.4, -0.2) is 4.98 Å². The number of hydrogen-bond acceptors (Lipinski definition) is 2. The molecule has 0 amide bonds. The van der Waals surface area contributed by atoms with E-state index in [2.05, 4.69) is 4.98 Å². The maximum atomic E-state index is 13.0. The molecule has 1 aromatic heterocycles. The van der Waals surface area contributed by atoms with E-state index >= 15 is 0 Å². The van der Waals surface area contributed by atoms with Gasteiger partial charge in [0.05, 0.1) is 11.4 Å². The minimum Gasteiger partial charge on any atom is -0.396 e. The summed E-state index contributed by atoms with van der Waals surface area (Å²) in [7, 11) is 0. The Morgan fingerprint density at radius 3 is 2.53 bits per heavy atom. The van der Waals surface area contributed by atoms with Gasteiger partial charge in [-0.05, 0) is 24.3 Å². The normalized spacial score (nSPS) is 10.3. The van der Waals surface area contributed by atoms with Gasteiger partial charge in [-0.1, -0.05) is 6.07 Å². The Balaban J connectivity index is 2.56. The highest BCUT2D eigenvalue weighted by atomic mass is 19.2. The van der Waals surface area contributed by atoms with Crippen LogP contribution in [0.3, 0.4) is 0 Å². The Bertz CT molecular complexity index is 460. The summed E-state index contributed by atoms with van der Waals surface area (Å²) >= 11 is 0. The molecule has 0 radical (unpaired) electrons. The first-order chi connectivity index (χ1) is 7.18. The lowest BCUT2D eigenvalue weighted by Gasteiger charge is -2.03. The summed E-state index contributed by atoms with van der Waals surface area (Å²) in [5.74, 6) is -1.98. The minimum atomic E-state index is -1.02. The first-order valence-electron chi connectivity index (χ1n) is 4.34. The summed E-state index contributed by atoms with van der Waals surface area (Å²) in [6.45, 7) is 0. The van der Waals surface area contributed by atoms with Crippen molar-refractivity contribution >= 4 is 5.69 Å². The van der Waals surface area contributed by atoms with Gasteiger partial charge in [-0.25, -0.2) is 8.78 Å². The van der Waals surface area contributed by atoms with Crippen LogP contribution in [0.2, 0.25) is 0 Å². The Hall–Kier alpha value is -1.97. The van der Waals surface area contributed by atoms with E-state index in [0.29, 0.717) is 11.3 Å². The van der Waals surface area contributed by atoms with E-state index in [1.807, 2.05) is 0 Å². The molecule has 0 fully saturated rings. The highest BCUT2D eigenvalue weighted by Gasteiger charge is 2.09. The van der Waals surface area contributed by atoms with Crippen molar-refractivity contribution in [1.82, 2.24) is 4.98 Å². The molecule has 2 aromatic rings. The number of anilines is 1. The number of nitrogen functional groups attached to an aromatic ring is 1. The number of aromatic nitrogens is 1. The van der Waals surface area contributed by atoms with Crippen molar-refractivity contribution < 1.29 is 8.78 Å². The number of rotatable bonds is 1. The molecule has 0 aliphatic heterocycles. The predicted octanol–water partition coefficient (Wildman–Crippen LogP) is 2.61. The smallest absolute Gasteiger partial charge is 0.181 e. The molecule has 4 heteroatoms. The van der Waals surface area contributed by atoms with E-state index in [-0.39, 0.29) is 5.69 Å². The number of benzene rings is 1. The molecular formula is C11H8F2N2. The average molecular weight is 206 g/mol. The summed E-state index contributed by atoms with van der Waals surface area (Å²) in [6, 6.07) is 7.65. The lowest BCUT2D eigenvalue weighted by atomic mass is 10.1. The van der Waals surface area contributed by atoms with Crippen LogP contribution in [0.1, 0.15) is 0 Å². The Kier molecular flexibility index (Phi) is 2.33. The number of pyridine rings is 1. The van der Waals surface area contributed by atoms with Crippen LogP contribution >= 0.6 is 0 Å². The van der Waals surface area contributed by atoms with Crippen LogP contribution in [0.5, 0.6) is 0 Å². The van der Waals surface area contributed by atoms with Crippen molar-refractivity contribution in [3.05, 3.63) is 48.2 Å². The van der Waals surface area contributed by atoms with Gasteiger partial charge in [0.15, 0.2) is 11.6 Å². The fraction of sp³-hybridized carbons (Fsp3) is 0. The van der Waals surface area contributed by atoms with Crippen LogP contribution in [0, 0.1) is 11.6 Å². The van der Waals surface area contributed by atoms with E-state index < -0.39 is 11.6 Å². The quantitative estimate of drug-likeness (QED) is 0.728. The Morgan fingerprint density at radius 1 is 1.13 bits per heavy atom. The summed E-state index contributed by atoms with van der Waals surface area (Å²) in [4.78, 5) is 4.02. The summed E-state index contributed by atoms with van der Waals surface area (Å²) in [5.41, 5.74) is 6.13. The molecule has 0 saturated carbocycles. The predicted molar refractivity (Wildman–Crippen MR) is 54.0 cm³/mol. The van der Waals surface area contributed by atoms with Gasteiger partial charge in [0.1, 0.15) is 0 Å². The second-order valence-corrected chi connectivity index (χ2v) is 3.08. The molecule has 0 atom stereocenters. The maximum absolute atomic E-state index is 13.0. The molecule has 2 N–H and O–H groups in total. The summed E-state index contributed by atoms with van der Waals surface area (Å²) in [6.07, 6.45) is 1.58. The van der Waals surface area contributed by atoms with Crippen LogP contribution < -0.4 is 5.73 Å². The van der Waals surface area contributed by atoms with Crippen molar-refractivity contribution in [3.8, 4) is 11.3 Å². The summed E-state index contributed by atoms with van der Waals surface area (Å²) < 4.78 is 25.9. The molecule has 0 aliphatic carbocycles. The van der Waals surface area contributed by atoms with Crippen LogP contribution in [-0.2, 0) is 0 Å². The fourth-order valence-corrected chi connectivity index (χ4v) is 1.29. The van der Waals surface area contributed by atoms with Crippen molar-refractivity contribution in [2.45, 2.75) is 0 Å². The number of halogens is 2. The number of nitrogens with two attached hydrogens (primary N) is 1. The second kappa shape index (κ2) is 3.65. The highest BCUT2D eigenvalue weighted by molar-refractivity contribution is 5.64. The zero-order valence-electron chi connectivity index (χ0n) is 7.74. The van der Waals surface area contributed by atoms with Gasteiger partial charge >= 0.3 is 0 Å². The van der Waals surface area contributed by atoms with E-state index in [4.69, 9.17) is 5.73 Å². The lowest BCUT2D eigenvalue weighted by molar-refractivity contribution is 0.512. The van der Waals surface area contributed by atoms with Crippen molar-refractivity contribution in [2.24, 2.45) is 0 Å². The van der Waals surface area contributed by atoms with Gasteiger partial charge < -0.3 is 5.73 Å². The monoisotopic (exact) mass is 206 g/mol. The third-order valence-corrected chi connectivity index (χ3v) is 2.02. The van der Waals surface area contributed by atoms with Gasteiger partial charge in [-0.2, -0.15) is 0 Å². The second-order valence-electron chi connectivity index (χ2n) is 3.08. The SMILES string of the molecule is Nc1cc(-c2ccccn2)cc(F)c1F.